The lowest BCUT2D eigenvalue weighted by Gasteiger charge is -2.28. The number of anilines is 1. The Balaban J connectivity index is 2.28. The molecule has 0 aliphatic heterocycles. The molecule has 0 saturated carbocycles. The second kappa shape index (κ2) is 7.96. The molecule has 0 bridgehead atoms. The molecule has 9 heteroatoms. The molecule has 0 spiro atoms. The predicted molar refractivity (Wildman–Crippen MR) is 98.4 cm³/mol. The Bertz CT molecular complexity index is 952. The highest BCUT2D eigenvalue weighted by atomic mass is 35.5. The first-order chi connectivity index (χ1) is 13.0. The highest BCUT2D eigenvalue weighted by Crippen LogP contribution is 2.34. The van der Waals surface area contributed by atoms with Crippen LogP contribution in [0.2, 0.25) is 0 Å². The third kappa shape index (κ3) is 3.75. The fraction of sp³-hybridized carbons (Fsp3) is 0.278. The largest absolute Gasteiger partial charge is 0.352 e. The van der Waals surface area contributed by atoms with Crippen LogP contribution in [0.5, 0.6) is 0 Å². The first-order valence-corrected chi connectivity index (χ1v) is 8.75. The Kier molecular flexibility index (Phi) is 5.65. The monoisotopic (exact) mass is 395 g/mol. The molecule has 142 valence electrons. The molecule has 0 saturated heterocycles. The minimum absolute atomic E-state index is 0.0779. The predicted octanol–water partition coefficient (Wildman–Crippen LogP) is 4.08. The highest BCUT2D eigenvalue weighted by molar-refractivity contribution is 6.18. The molecule has 2 heterocycles. The molecule has 0 fully saturated rings. The van der Waals surface area contributed by atoms with Gasteiger partial charge in [0.25, 0.3) is 5.78 Å². The molecule has 0 amide bonds. The van der Waals surface area contributed by atoms with Gasteiger partial charge in [-0.3, -0.25) is 0 Å². The number of nitrogens with zero attached hydrogens (tertiary/aromatic N) is 5. The molecule has 0 radical (unpaired) electrons. The molecule has 3 rings (SSSR count). The van der Waals surface area contributed by atoms with Crippen LogP contribution in [0, 0.1) is 23.4 Å². The summed E-state index contributed by atoms with van der Waals surface area (Å²) in [6.07, 6.45) is 4.26. The minimum atomic E-state index is -1.03. The molecule has 1 unspecified atom stereocenters. The van der Waals surface area contributed by atoms with E-state index in [2.05, 4.69) is 21.6 Å². The first-order valence-electron chi connectivity index (χ1n) is 8.21. The van der Waals surface area contributed by atoms with E-state index in [1.54, 1.807) is 6.08 Å². The van der Waals surface area contributed by atoms with E-state index in [0.717, 1.165) is 0 Å². The summed E-state index contributed by atoms with van der Waals surface area (Å²) >= 11 is 5.94. The smallest absolute Gasteiger partial charge is 0.254 e. The van der Waals surface area contributed by atoms with Gasteiger partial charge in [0.15, 0.2) is 0 Å². The van der Waals surface area contributed by atoms with Crippen molar-refractivity contribution < 1.29 is 13.2 Å². The minimum Gasteiger partial charge on any atom is -0.352 e. The number of hydrogen-bond acceptors (Lipinski definition) is 4. The number of aromatic nitrogens is 4. The standard InChI is InChI=1S/C18H17ClF3N5/c1-3-4-26(9-11(2)7-19)17-13(8-23-18-24-10-25-27(17)18)16-14(21)5-12(20)6-15(16)22/h3,5-6,8,10-11H,1,4,7,9H2,2H3. The van der Waals surface area contributed by atoms with Crippen molar-refractivity contribution in [2.75, 3.05) is 23.9 Å². The van der Waals surface area contributed by atoms with Crippen molar-refractivity contribution >= 4 is 23.2 Å². The van der Waals surface area contributed by atoms with Crippen molar-refractivity contribution in [3.8, 4) is 11.1 Å². The second-order valence-electron chi connectivity index (χ2n) is 6.16. The fourth-order valence-corrected chi connectivity index (χ4v) is 2.97. The summed E-state index contributed by atoms with van der Waals surface area (Å²) in [6.45, 7) is 6.54. The van der Waals surface area contributed by atoms with Gasteiger partial charge in [0, 0.05) is 42.9 Å². The Morgan fingerprint density at radius 2 is 1.96 bits per heavy atom. The molecule has 3 aromatic rings. The van der Waals surface area contributed by atoms with E-state index >= 15 is 0 Å². The number of fused-ring (bicyclic) bond motifs is 1. The van der Waals surface area contributed by atoms with Crippen LogP contribution in [0.15, 0.2) is 37.3 Å². The SMILES string of the molecule is C=CCN(CC(C)CCl)c1c(-c2c(F)cc(F)cc2F)cnc2ncnn12. The van der Waals surface area contributed by atoms with Gasteiger partial charge in [0.1, 0.15) is 29.6 Å². The van der Waals surface area contributed by atoms with Crippen molar-refractivity contribution in [3.05, 3.63) is 54.8 Å². The fourth-order valence-electron chi connectivity index (χ4n) is 2.88. The van der Waals surface area contributed by atoms with Gasteiger partial charge in [-0.2, -0.15) is 14.6 Å². The maximum Gasteiger partial charge on any atom is 0.254 e. The zero-order chi connectivity index (χ0) is 19.6. The lowest BCUT2D eigenvalue weighted by molar-refractivity contribution is 0.547. The maximum atomic E-state index is 14.5. The third-order valence-corrected chi connectivity index (χ3v) is 4.53. The van der Waals surface area contributed by atoms with E-state index in [1.165, 1.54) is 17.0 Å². The Morgan fingerprint density at radius 1 is 1.26 bits per heavy atom. The van der Waals surface area contributed by atoms with E-state index in [1.807, 2.05) is 11.8 Å². The lowest BCUT2D eigenvalue weighted by atomic mass is 10.1. The van der Waals surface area contributed by atoms with Gasteiger partial charge < -0.3 is 4.90 Å². The van der Waals surface area contributed by atoms with Crippen molar-refractivity contribution in [3.63, 3.8) is 0 Å². The van der Waals surface area contributed by atoms with E-state index in [-0.39, 0.29) is 22.8 Å². The molecular weight excluding hydrogens is 379 g/mol. The zero-order valence-electron chi connectivity index (χ0n) is 14.5. The lowest BCUT2D eigenvalue weighted by Crippen LogP contribution is -2.32. The molecular formula is C18H17ClF3N5. The quantitative estimate of drug-likeness (QED) is 0.447. The van der Waals surface area contributed by atoms with Crippen LogP contribution in [0.4, 0.5) is 19.0 Å². The summed E-state index contributed by atoms with van der Waals surface area (Å²) < 4.78 is 43.7. The van der Waals surface area contributed by atoms with Crippen molar-refractivity contribution in [1.29, 1.82) is 0 Å². The first kappa shape index (κ1) is 19.2. The maximum absolute atomic E-state index is 14.5. The number of alkyl halides is 1. The van der Waals surface area contributed by atoms with Gasteiger partial charge in [-0.25, -0.2) is 18.2 Å². The molecule has 0 N–H and O–H groups in total. The Hall–Kier alpha value is -2.61. The van der Waals surface area contributed by atoms with E-state index in [0.29, 0.717) is 36.9 Å². The van der Waals surface area contributed by atoms with Crippen molar-refractivity contribution in [2.45, 2.75) is 6.92 Å². The Morgan fingerprint density at radius 3 is 2.59 bits per heavy atom. The normalized spacial score (nSPS) is 12.3. The van der Waals surface area contributed by atoms with Crippen LogP contribution in [-0.2, 0) is 0 Å². The number of halogens is 4. The van der Waals surface area contributed by atoms with E-state index in [4.69, 9.17) is 11.6 Å². The number of rotatable bonds is 7. The van der Waals surface area contributed by atoms with Gasteiger partial charge in [-0.15, -0.1) is 18.2 Å². The number of benzene rings is 1. The topological polar surface area (TPSA) is 46.3 Å². The highest BCUT2D eigenvalue weighted by Gasteiger charge is 2.24. The van der Waals surface area contributed by atoms with Crippen molar-refractivity contribution in [1.82, 2.24) is 19.6 Å². The summed E-state index contributed by atoms with van der Waals surface area (Å²) in [7, 11) is 0. The van der Waals surface area contributed by atoms with Crippen molar-refractivity contribution in [2.24, 2.45) is 5.92 Å². The number of hydrogen-bond donors (Lipinski definition) is 0. The van der Waals surface area contributed by atoms with Crippen LogP contribution in [0.1, 0.15) is 6.92 Å². The molecule has 27 heavy (non-hydrogen) atoms. The molecule has 5 nitrogen and oxygen atoms in total. The molecule has 1 atom stereocenters. The average molecular weight is 396 g/mol. The van der Waals surface area contributed by atoms with Crippen LogP contribution in [0.3, 0.4) is 0 Å². The summed E-state index contributed by atoms with van der Waals surface area (Å²) in [5, 5.41) is 4.13. The van der Waals surface area contributed by atoms with Gasteiger partial charge in [0.05, 0.1) is 5.56 Å². The van der Waals surface area contributed by atoms with E-state index < -0.39 is 17.5 Å². The van der Waals surface area contributed by atoms with Gasteiger partial charge in [0.2, 0.25) is 0 Å². The summed E-state index contributed by atoms with van der Waals surface area (Å²) in [5.41, 5.74) is -0.254. The summed E-state index contributed by atoms with van der Waals surface area (Å²) in [6, 6.07) is 1.26. The Labute approximate surface area is 159 Å². The molecule has 0 aliphatic rings. The van der Waals surface area contributed by atoms with Gasteiger partial charge in [-0.05, 0) is 5.92 Å². The van der Waals surface area contributed by atoms with Crippen LogP contribution < -0.4 is 4.90 Å². The van der Waals surface area contributed by atoms with Gasteiger partial charge in [-0.1, -0.05) is 13.0 Å². The third-order valence-electron chi connectivity index (χ3n) is 4.00. The average Bonchev–Trinajstić information content (AvgIpc) is 3.08. The van der Waals surface area contributed by atoms with Crippen LogP contribution >= 0.6 is 11.6 Å². The second-order valence-corrected chi connectivity index (χ2v) is 6.47. The van der Waals surface area contributed by atoms with Crippen LogP contribution in [0.25, 0.3) is 16.9 Å². The van der Waals surface area contributed by atoms with Crippen LogP contribution in [-0.4, -0.2) is 38.6 Å². The molecule has 2 aromatic heterocycles. The zero-order valence-corrected chi connectivity index (χ0v) is 15.3. The molecule has 1 aromatic carbocycles. The van der Waals surface area contributed by atoms with Gasteiger partial charge >= 0.3 is 0 Å². The summed E-state index contributed by atoms with van der Waals surface area (Å²) in [5.74, 6) is -1.94. The van der Waals surface area contributed by atoms with E-state index in [9.17, 15) is 13.2 Å². The molecule has 0 aliphatic carbocycles. The summed E-state index contributed by atoms with van der Waals surface area (Å²) in [4.78, 5) is 9.97.